The minimum atomic E-state index is -1.06. The second kappa shape index (κ2) is 10.0. The van der Waals surface area contributed by atoms with Crippen LogP contribution < -0.4 is 10.2 Å². The molecule has 27 heavy (non-hydrogen) atoms. The molecule has 1 aromatic heterocycles. The Kier molecular flexibility index (Phi) is 7.74. The van der Waals surface area contributed by atoms with Gasteiger partial charge < -0.3 is 9.84 Å². The van der Waals surface area contributed by atoms with Crippen LogP contribution in [0.5, 0.6) is 5.75 Å². The third-order valence-corrected chi connectivity index (χ3v) is 4.47. The van der Waals surface area contributed by atoms with Gasteiger partial charge in [-0.05, 0) is 59.6 Å². The molecule has 0 aliphatic heterocycles. The van der Waals surface area contributed by atoms with Crippen LogP contribution in [0.25, 0.3) is 0 Å². The predicted molar refractivity (Wildman–Crippen MR) is 105 cm³/mol. The quantitative estimate of drug-likeness (QED) is 0.273. The van der Waals surface area contributed by atoms with Crippen molar-refractivity contribution in [1.29, 1.82) is 0 Å². The number of aliphatic carboxylic acids is 1. The summed E-state index contributed by atoms with van der Waals surface area (Å²) in [5, 5.41) is 13.1. The number of hydrogen-bond donors (Lipinski definition) is 2. The number of hydrogen-bond acceptors (Lipinski definition) is 7. The Morgan fingerprint density at radius 3 is 2.63 bits per heavy atom. The Morgan fingerprint density at radius 1 is 1.30 bits per heavy atom. The van der Waals surface area contributed by atoms with Gasteiger partial charge in [0.1, 0.15) is 5.75 Å². The molecule has 8 nitrogen and oxygen atoms in total. The molecule has 0 saturated heterocycles. The molecule has 0 radical (unpaired) electrons. The third-order valence-electron chi connectivity index (χ3n) is 3.00. The van der Waals surface area contributed by atoms with Gasteiger partial charge in [0.25, 0.3) is 5.91 Å². The molecule has 0 atom stereocenters. The summed E-state index contributed by atoms with van der Waals surface area (Å²) in [6, 6.07) is 6.87. The van der Waals surface area contributed by atoms with Gasteiger partial charge in [0, 0.05) is 11.4 Å². The van der Waals surface area contributed by atoms with E-state index in [1.54, 1.807) is 18.2 Å². The molecular weight excluding hydrogens is 436 g/mol. The molecule has 0 aliphatic rings. The van der Waals surface area contributed by atoms with Crippen LogP contribution in [0, 0.1) is 13.8 Å². The molecule has 0 spiro atoms. The van der Waals surface area contributed by atoms with Crippen molar-refractivity contribution in [3.63, 3.8) is 0 Å². The zero-order valence-corrected chi connectivity index (χ0v) is 17.0. The van der Waals surface area contributed by atoms with Crippen LogP contribution in [-0.2, 0) is 9.59 Å². The fraction of sp³-hybridized carbons (Fsp3) is 0.235. The minimum absolute atomic E-state index is 0.145. The summed E-state index contributed by atoms with van der Waals surface area (Å²) >= 11 is 4.53. The van der Waals surface area contributed by atoms with E-state index in [1.807, 2.05) is 19.9 Å². The number of carboxylic acids is 1. The Bertz CT molecular complexity index is 856. The lowest BCUT2D eigenvalue weighted by Crippen LogP contribution is -2.19. The van der Waals surface area contributed by atoms with Crippen molar-refractivity contribution in [1.82, 2.24) is 15.4 Å². The van der Waals surface area contributed by atoms with E-state index in [2.05, 4.69) is 36.4 Å². The highest BCUT2D eigenvalue weighted by atomic mass is 79.9. The first-order chi connectivity index (χ1) is 12.8. The lowest BCUT2D eigenvalue weighted by molar-refractivity contribution is -0.139. The van der Waals surface area contributed by atoms with Crippen LogP contribution >= 0.6 is 27.7 Å². The Balaban J connectivity index is 1.84. The molecule has 0 unspecified atom stereocenters. The Hall–Kier alpha value is -2.46. The van der Waals surface area contributed by atoms with Crippen LogP contribution in [0.1, 0.15) is 17.0 Å². The summed E-state index contributed by atoms with van der Waals surface area (Å²) in [5.41, 5.74) is 4.84. The lowest BCUT2D eigenvalue weighted by atomic mass is 10.2. The fourth-order valence-electron chi connectivity index (χ4n) is 1.95. The fourth-order valence-corrected chi connectivity index (χ4v) is 3.21. The minimum Gasteiger partial charge on any atom is -0.481 e. The van der Waals surface area contributed by atoms with Crippen molar-refractivity contribution < 1.29 is 19.4 Å². The maximum Gasteiger partial charge on any atom is 0.341 e. The van der Waals surface area contributed by atoms with Gasteiger partial charge in [-0.3, -0.25) is 4.79 Å². The largest absolute Gasteiger partial charge is 0.481 e. The standard InChI is InChI=1S/C17H17BrN4O4S/c1-10-5-11(2)21-17(20-10)27-9-15(23)22-19-7-12-3-4-14(13(18)6-12)26-8-16(24)25/h3-7H,8-9H2,1-2H3,(H,22,23)(H,24,25)/b19-7-. The van der Waals surface area contributed by atoms with Crippen molar-refractivity contribution in [2.45, 2.75) is 19.0 Å². The number of thioether (sulfide) groups is 1. The molecule has 1 heterocycles. The first-order valence-electron chi connectivity index (χ1n) is 7.74. The number of nitrogens with one attached hydrogen (secondary N) is 1. The monoisotopic (exact) mass is 452 g/mol. The van der Waals surface area contributed by atoms with Gasteiger partial charge in [0.05, 0.1) is 16.4 Å². The summed E-state index contributed by atoms with van der Waals surface area (Å²) in [4.78, 5) is 30.9. The van der Waals surface area contributed by atoms with E-state index in [0.717, 1.165) is 11.4 Å². The number of carbonyl (C=O) groups is 2. The van der Waals surface area contributed by atoms with Gasteiger partial charge >= 0.3 is 5.97 Å². The highest BCUT2D eigenvalue weighted by Gasteiger charge is 2.06. The van der Waals surface area contributed by atoms with E-state index in [9.17, 15) is 9.59 Å². The number of nitrogens with zero attached hydrogens (tertiary/aromatic N) is 3. The molecule has 142 valence electrons. The summed E-state index contributed by atoms with van der Waals surface area (Å²) in [6.07, 6.45) is 1.47. The van der Waals surface area contributed by atoms with Gasteiger partial charge in [-0.2, -0.15) is 5.10 Å². The van der Waals surface area contributed by atoms with Crippen LogP contribution in [-0.4, -0.2) is 45.5 Å². The zero-order chi connectivity index (χ0) is 19.8. The molecule has 2 rings (SSSR count). The molecule has 0 fully saturated rings. The first kappa shape index (κ1) is 20.8. The van der Waals surface area contributed by atoms with Gasteiger partial charge in [-0.15, -0.1) is 0 Å². The van der Waals surface area contributed by atoms with Gasteiger partial charge in [-0.1, -0.05) is 11.8 Å². The van der Waals surface area contributed by atoms with Crippen molar-refractivity contribution in [2.75, 3.05) is 12.4 Å². The van der Waals surface area contributed by atoms with E-state index in [0.29, 0.717) is 20.9 Å². The molecule has 2 N–H and O–H groups in total. The average molecular weight is 453 g/mol. The normalized spacial score (nSPS) is 10.8. The van der Waals surface area contributed by atoms with Crippen molar-refractivity contribution in [3.8, 4) is 5.75 Å². The second-order valence-corrected chi connectivity index (χ2v) is 7.18. The maximum absolute atomic E-state index is 11.9. The van der Waals surface area contributed by atoms with Gasteiger partial charge in [-0.25, -0.2) is 20.2 Å². The molecule has 1 amide bonds. The number of aryl methyl sites for hydroxylation is 2. The molecule has 1 aromatic carbocycles. The summed E-state index contributed by atoms with van der Waals surface area (Å²) in [6.45, 7) is 3.32. The third kappa shape index (κ3) is 7.35. The van der Waals surface area contributed by atoms with E-state index in [-0.39, 0.29) is 11.7 Å². The van der Waals surface area contributed by atoms with Crippen molar-refractivity contribution in [2.24, 2.45) is 5.10 Å². The smallest absolute Gasteiger partial charge is 0.341 e. The van der Waals surface area contributed by atoms with Crippen molar-refractivity contribution in [3.05, 3.63) is 45.7 Å². The molecule has 10 heteroatoms. The second-order valence-electron chi connectivity index (χ2n) is 5.39. The number of ether oxygens (including phenoxy) is 1. The van der Waals surface area contributed by atoms with Gasteiger partial charge in [0.15, 0.2) is 11.8 Å². The Labute approximate surface area is 168 Å². The zero-order valence-electron chi connectivity index (χ0n) is 14.6. The maximum atomic E-state index is 11.9. The summed E-state index contributed by atoms with van der Waals surface area (Å²) in [7, 11) is 0. The topological polar surface area (TPSA) is 114 Å². The van der Waals surface area contributed by atoms with Crippen LogP contribution in [0.15, 0.2) is 39.0 Å². The number of carbonyl (C=O) groups excluding carboxylic acids is 1. The van der Waals surface area contributed by atoms with Crippen molar-refractivity contribution >= 4 is 45.8 Å². The Morgan fingerprint density at radius 2 is 2.00 bits per heavy atom. The number of rotatable bonds is 8. The highest BCUT2D eigenvalue weighted by Crippen LogP contribution is 2.25. The molecule has 0 bridgehead atoms. The number of halogens is 1. The SMILES string of the molecule is Cc1cc(C)nc(SCC(=O)N/N=C\c2ccc(OCC(=O)O)c(Br)c2)n1. The van der Waals surface area contributed by atoms with E-state index >= 15 is 0 Å². The van der Waals surface area contributed by atoms with Crippen LogP contribution in [0.2, 0.25) is 0 Å². The number of aromatic nitrogens is 2. The summed E-state index contributed by atoms with van der Waals surface area (Å²) < 4.78 is 5.70. The van der Waals surface area contributed by atoms with Gasteiger partial charge in [0.2, 0.25) is 0 Å². The first-order valence-corrected chi connectivity index (χ1v) is 9.52. The van der Waals surface area contributed by atoms with E-state index in [4.69, 9.17) is 9.84 Å². The van der Waals surface area contributed by atoms with Crippen LogP contribution in [0.3, 0.4) is 0 Å². The summed E-state index contributed by atoms with van der Waals surface area (Å²) in [5.74, 6) is -0.784. The van der Waals surface area contributed by atoms with E-state index < -0.39 is 12.6 Å². The number of hydrazone groups is 1. The number of amides is 1. The molecular formula is C17H17BrN4O4S. The highest BCUT2D eigenvalue weighted by molar-refractivity contribution is 9.10. The molecule has 0 saturated carbocycles. The number of carboxylic acid groups (broad SMARTS) is 1. The van der Waals surface area contributed by atoms with Crippen LogP contribution in [0.4, 0.5) is 0 Å². The average Bonchev–Trinajstić information content (AvgIpc) is 2.58. The molecule has 0 aliphatic carbocycles. The predicted octanol–water partition coefficient (Wildman–Crippen LogP) is 2.56. The lowest BCUT2D eigenvalue weighted by Gasteiger charge is -2.06. The van der Waals surface area contributed by atoms with E-state index in [1.165, 1.54) is 18.0 Å². The number of benzene rings is 1. The molecule has 2 aromatic rings.